The summed E-state index contributed by atoms with van der Waals surface area (Å²) in [5.74, 6) is 1.89. The molecule has 1 aliphatic carbocycles. The van der Waals surface area contributed by atoms with Gasteiger partial charge in [-0.3, -0.25) is 0 Å². The first kappa shape index (κ1) is 12.1. The summed E-state index contributed by atoms with van der Waals surface area (Å²) >= 11 is 0. The van der Waals surface area contributed by atoms with Crippen LogP contribution < -0.4 is 5.32 Å². The Morgan fingerprint density at radius 3 is 3.10 bits per heavy atom. The van der Waals surface area contributed by atoms with Crippen molar-refractivity contribution in [2.45, 2.75) is 44.1 Å². The van der Waals surface area contributed by atoms with Crippen LogP contribution in [0.1, 0.15) is 54.9 Å². The van der Waals surface area contributed by atoms with E-state index in [9.17, 15) is 0 Å². The molecule has 2 unspecified atom stereocenters. The van der Waals surface area contributed by atoms with Gasteiger partial charge in [0.15, 0.2) is 5.82 Å². The van der Waals surface area contributed by atoms with E-state index in [0.717, 1.165) is 37.5 Å². The molecule has 4 rings (SSSR count). The van der Waals surface area contributed by atoms with E-state index in [-0.39, 0.29) is 5.54 Å². The van der Waals surface area contributed by atoms with E-state index in [0.29, 0.717) is 5.92 Å². The quantitative estimate of drug-likeness (QED) is 0.910. The van der Waals surface area contributed by atoms with E-state index in [2.05, 4.69) is 41.7 Å². The van der Waals surface area contributed by atoms with Crippen molar-refractivity contribution in [1.29, 1.82) is 0 Å². The fourth-order valence-electron chi connectivity index (χ4n) is 3.50. The van der Waals surface area contributed by atoms with E-state index in [1.807, 2.05) is 0 Å². The van der Waals surface area contributed by atoms with Crippen molar-refractivity contribution in [3.8, 4) is 0 Å². The van der Waals surface area contributed by atoms with Gasteiger partial charge in [-0.15, -0.1) is 0 Å². The molecule has 0 saturated carbocycles. The molecule has 2 aromatic rings. The molecule has 20 heavy (non-hydrogen) atoms. The van der Waals surface area contributed by atoms with Gasteiger partial charge in [0.2, 0.25) is 5.89 Å². The fraction of sp³-hybridized carbons (Fsp3) is 0.500. The molecule has 0 spiro atoms. The SMILES string of the molecule is CC1(c2nc(C3CCc4ccccc43)no2)CCCN1. The smallest absolute Gasteiger partial charge is 0.246 e. The molecule has 1 N–H and O–H groups in total. The van der Waals surface area contributed by atoms with Gasteiger partial charge < -0.3 is 9.84 Å². The maximum Gasteiger partial charge on any atom is 0.246 e. The molecule has 4 nitrogen and oxygen atoms in total. The molecule has 104 valence electrons. The standard InChI is InChI=1S/C16H19N3O/c1-16(9-4-10-17-16)15-18-14(19-20-15)13-8-7-11-5-2-3-6-12(11)13/h2-3,5-6,13,17H,4,7-10H2,1H3. The van der Waals surface area contributed by atoms with Gasteiger partial charge in [0.1, 0.15) is 0 Å². The van der Waals surface area contributed by atoms with Crippen molar-refractivity contribution in [3.05, 3.63) is 47.1 Å². The number of aryl methyl sites for hydroxylation is 1. The molecular formula is C16H19N3O. The van der Waals surface area contributed by atoms with E-state index in [4.69, 9.17) is 9.51 Å². The van der Waals surface area contributed by atoms with E-state index in [1.54, 1.807) is 0 Å². The lowest BCUT2D eigenvalue weighted by Gasteiger charge is -2.18. The highest BCUT2D eigenvalue weighted by molar-refractivity contribution is 5.38. The van der Waals surface area contributed by atoms with Gasteiger partial charge in [-0.1, -0.05) is 29.4 Å². The molecule has 0 radical (unpaired) electrons. The molecule has 2 atom stereocenters. The van der Waals surface area contributed by atoms with E-state index < -0.39 is 0 Å². The molecule has 2 heterocycles. The van der Waals surface area contributed by atoms with Crippen LogP contribution in [0.15, 0.2) is 28.8 Å². The van der Waals surface area contributed by atoms with Gasteiger partial charge in [0, 0.05) is 5.92 Å². The Bertz CT molecular complexity index is 628. The Morgan fingerprint density at radius 2 is 2.25 bits per heavy atom. The van der Waals surface area contributed by atoms with Gasteiger partial charge >= 0.3 is 0 Å². The summed E-state index contributed by atoms with van der Waals surface area (Å²) in [5, 5.41) is 7.74. The lowest BCUT2D eigenvalue weighted by atomic mass is 9.99. The topological polar surface area (TPSA) is 51.0 Å². The van der Waals surface area contributed by atoms with Crippen molar-refractivity contribution >= 4 is 0 Å². The zero-order valence-electron chi connectivity index (χ0n) is 11.7. The lowest BCUT2D eigenvalue weighted by Crippen LogP contribution is -2.33. The van der Waals surface area contributed by atoms with Crippen LogP contribution >= 0.6 is 0 Å². The predicted octanol–water partition coefficient (Wildman–Crippen LogP) is 2.75. The minimum absolute atomic E-state index is 0.136. The highest BCUT2D eigenvalue weighted by atomic mass is 16.5. The Morgan fingerprint density at radius 1 is 1.35 bits per heavy atom. The third-order valence-corrected chi connectivity index (χ3v) is 4.73. The largest absolute Gasteiger partial charge is 0.337 e. The third-order valence-electron chi connectivity index (χ3n) is 4.73. The van der Waals surface area contributed by atoms with Crippen molar-refractivity contribution in [1.82, 2.24) is 15.5 Å². The second-order valence-electron chi connectivity index (χ2n) is 6.11. The number of aromatic nitrogens is 2. The molecule has 1 saturated heterocycles. The number of nitrogens with one attached hydrogen (secondary N) is 1. The van der Waals surface area contributed by atoms with Crippen LogP contribution in [-0.4, -0.2) is 16.7 Å². The van der Waals surface area contributed by atoms with Crippen LogP contribution in [-0.2, 0) is 12.0 Å². The molecule has 1 aliphatic heterocycles. The van der Waals surface area contributed by atoms with Gasteiger partial charge in [0.25, 0.3) is 0 Å². The Labute approximate surface area is 118 Å². The van der Waals surface area contributed by atoms with Crippen LogP contribution in [0.3, 0.4) is 0 Å². The first-order chi connectivity index (χ1) is 9.76. The van der Waals surface area contributed by atoms with E-state index in [1.165, 1.54) is 17.5 Å². The summed E-state index contributed by atoms with van der Waals surface area (Å²) in [5.41, 5.74) is 2.65. The number of rotatable bonds is 2. The minimum Gasteiger partial charge on any atom is -0.337 e. The molecule has 1 aromatic heterocycles. The second-order valence-corrected chi connectivity index (χ2v) is 6.11. The number of fused-ring (bicyclic) bond motifs is 1. The average molecular weight is 269 g/mol. The molecule has 0 amide bonds. The summed E-state index contributed by atoms with van der Waals surface area (Å²) < 4.78 is 5.56. The lowest BCUT2D eigenvalue weighted by molar-refractivity contribution is 0.274. The normalized spacial score (nSPS) is 28.8. The monoisotopic (exact) mass is 269 g/mol. The molecule has 1 fully saturated rings. The van der Waals surface area contributed by atoms with Crippen molar-refractivity contribution in [3.63, 3.8) is 0 Å². The number of nitrogens with zero attached hydrogens (tertiary/aromatic N) is 2. The molecule has 4 heteroatoms. The Balaban J connectivity index is 1.66. The van der Waals surface area contributed by atoms with Crippen LogP contribution in [0, 0.1) is 0 Å². The highest BCUT2D eigenvalue weighted by Gasteiger charge is 2.37. The van der Waals surface area contributed by atoms with Crippen molar-refractivity contribution in [2.75, 3.05) is 6.54 Å². The predicted molar refractivity (Wildman–Crippen MR) is 75.5 cm³/mol. The number of hydrogen-bond acceptors (Lipinski definition) is 4. The van der Waals surface area contributed by atoms with Gasteiger partial charge in [-0.2, -0.15) is 4.98 Å². The van der Waals surface area contributed by atoms with Gasteiger partial charge in [-0.25, -0.2) is 0 Å². The number of hydrogen-bond donors (Lipinski definition) is 1. The molecule has 2 aliphatic rings. The fourth-order valence-corrected chi connectivity index (χ4v) is 3.50. The van der Waals surface area contributed by atoms with Crippen LogP contribution in [0.25, 0.3) is 0 Å². The summed E-state index contributed by atoms with van der Waals surface area (Å²) in [4.78, 5) is 4.70. The van der Waals surface area contributed by atoms with Crippen molar-refractivity contribution in [2.24, 2.45) is 0 Å². The first-order valence-electron chi connectivity index (χ1n) is 7.43. The zero-order chi connectivity index (χ0) is 13.6. The van der Waals surface area contributed by atoms with Crippen LogP contribution in [0.5, 0.6) is 0 Å². The molecule has 1 aromatic carbocycles. The van der Waals surface area contributed by atoms with Gasteiger partial charge in [0.05, 0.1) is 5.54 Å². The maximum absolute atomic E-state index is 5.56. The first-order valence-corrected chi connectivity index (χ1v) is 7.43. The summed E-state index contributed by atoms with van der Waals surface area (Å²) in [6.07, 6.45) is 4.43. The summed E-state index contributed by atoms with van der Waals surface area (Å²) in [6, 6.07) is 8.60. The summed E-state index contributed by atoms with van der Waals surface area (Å²) in [7, 11) is 0. The second kappa shape index (κ2) is 4.42. The van der Waals surface area contributed by atoms with E-state index >= 15 is 0 Å². The van der Waals surface area contributed by atoms with Crippen LogP contribution in [0.4, 0.5) is 0 Å². The Kier molecular flexibility index (Phi) is 2.67. The molecular weight excluding hydrogens is 250 g/mol. The summed E-state index contributed by atoms with van der Waals surface area (Å²) in [6.45, 7) is 3.18. The third kappa shape index (κ3) is 1.79. The minimum atomic E-state index is -0.136. The maximum atomic E-state index is 5.56. The number of benzene rings is 1. The average Bonchev–Trinajstić information content (AvgIpc) is 3.16. The van der Waals surface area contributed by atoms with Gasteiger partial charge in [-0.05, 0) is 50.3 Å². The zero-order valence-corrected chi connectivity index (χ0v) is 11.7. The Hall–Kier alpha value is -1.68. The van der Waals surface area contributed by atoms with Crippen molar-refractivity contribution < 1.29 is 4.52 Å². The molecule has 0 bridgehead atoms. The van der Waals surface area contributed by atoms with Crippen LogP contribution in [0.2, 0.25) is 0 Å². The highest BCUT2D eigenvalue weighted by Crippen LogP contribution is 2.37.